The number of alkyl halides is 1. The predicted molar refractivity (Wildman–Crippen MR) is 111 cm³/mol. The van der Waals surface area contributed by atoms with Crippen LogP contribution in [0.15, 0.2) is 81.3 Å². The summed E-state index contributed by atoms with van der Waals surface area (Å²) in [5.41, 5.74) is 2.51. The molecule has 1 aliphatic rings. The third kappa shape index (κ3) is 4.71. The Morgan fingerprint density at radius 1 is 1.12 bits per heavy atom. The van der Waals surface area contributed by atoms with Crippen molar-refractivity contribution < 1.29 is 9.18 Å². The van der Waals surface area contributed by atoms with Crippen LogP contribution in [0.5, 0.6) is 0 Å². The van der Waals surface area contributed by atoms with E-state index in [1.54, 1.807) is 0 Å². The first-order valence-corrected chi connectivity index (χ1v) is 9.86. The van der Waals surface area contributed by atoms with Crippen LogP contribution in [0.2, 0.25) is 0 Å². The Labute approximate surface area is 169 Å². The quantitative estimate of drug-likeness (QED) is 0.390. The van der Waals surface area contributed by atoms with Crippen LogP contribution in [0.1, 0.15) is 18.4 Å². The summed E-state index contributed by atoms with van der Waals surface area (Å²) in [6.07, 6.45) is 4.30. The summed E-state index contributed by atoms with van der Waals surface area (Å²) in [4.78, 5) is 12.0. The van der Waals surface area contributed by atoms with Crippen molar-refractivity contribution in [1.29, 1.82) is 0 Å². The predicted octanol–water partition coefficient (Wildman–Crippen LogP) is 6.40. The second-order valence-electron chi connectivity index (χ2n) is 6.32. The zero-order valence-electron chi connectivity index (χ0n) is 14.1. The topological polar surface area (TPSA) is 29.1 Å². The van der Waals surface area contributed by atoms with Crippen LogP contribution in [0.3, 0.4) is 0 Å². The second kappa shape index (κ2) is 8.31. The summed E-state index contributed by atoms with van der Waals surface area (Å²) in [5.74, 6) is -0.468. The number of amides is 1. The molecule has 2 aromatic carbocycles. The number of carbonyl (C=O) groups excluding carboxylic acids is 1. The van der Waals surface area contributed by atoms with Gasteiger partial charge in [0.15, 0.2) is 0 Å². The summed E-state index contributed by atoms with van der Waals surface area (Å²) in [7, 11) is 0. The molecule has 0 saturated heterocycles. The number of anilines is 1. The number of carbonyl (C=O) groups is 1. The van der Waals surface area contributed by atoms with Crippen molar-refractivity contribution in [3.05, 3.63) is 86.8 Å². The maximum absolute atomic E-state index is 14.2. The van der Waals surface area contributed by atoms with Crippen molar-refractivity contribution in [3.8, 4) is 0 Å². The molecule has 0 aromatic heterocycles. The Morgan fingerprint density at radius 2 is 1.85 bits per heavy atom. The fourth-order valence-electron chi connectivity index (χ4n) is 2.86. The van der Waals surface area contributed by atoms with Crippen molar-refractivity contribution in [1.82, 2.24) is 0 Å². The SMILES string of the molecule is CC(/C=C/C1C(F)C1c1ccc(Br)c(Br)c1)=C\C(=O)Nc1ccccc1. The van der Waals surface area contributed by atoms with E-state index in [4.69, 9.17) is 0 Å². The van der Waals surface area contributed by atoms with E-state index in [1.165, 1.54) is 6.08 Å². The monoisotopic (exact) mass is 477 g/mol. The van der Waals surface area contributed by atoms with E-state index in [2.05, 4.69) is 37.2 Å². The number of allylic oxidation sites excluding steroid dienone is 3. The van der Waals surface area contributed by atoms with Gasteiger partial charge in [-0.2, -0.15) is 0 Å². The molecule has 1 amide bonds. The van der Waals surface area contributed by atoms with Crippen molar-refractivity contribution in [2.24, 2.45) is 5.92 Å². The number of hydrogen-bond acceptors (Lipinski definition) is 1. The van der Waals surface area contributed by atoms with E-state index in [0.29, 0.717) is 0 Å². The van der Waals surface area contributed by atoms with Gasteiger partial charge in [0.05, 0.1) is 0 Å². The van der Waals surface area contributed by atoms with Gasteiger partial charge in [-0.05, 0) is 74.2 Å². The smallest absolute Gasteiger partial charge is 0.248 e. The van der Waals surface area contributed by atoms with Crippen LogP contribution < -0.4 is 5.32 Å². The zero-order valence-corrected chi connectivity index (χ0v) is 17.3. The summed E-state index contributed by atoms with van der Waals surface area (Å²) in [5, 5.41) is 2.80. The molecule has 1 N–H and O–H groups in total. The van der Waals surface area contributed by atoms with Gasteiger partial charge >= 0.3 is 0 Å². The average Bonchev–Trinajstić information content (AvgIpc) is 3.26. The van der Waals surface area contributed by atoms with Crippen molar-refractivity contribution in [3.63, 3.8) is 0 Å². The van der Waals surface area contributed by atoms with E-state index < -0.39 is 6.17 Å². The molecule has 5 heteroatoms. The molecular weight excluding hydrogens is 461 g/mol. The van der Waals surface area contributed by atoms with E-state index >= 15 is 0 Å². The fraction of sp³-hybridized carbons (Fsp3) is 0.190. The van der Waals surface area contributed by atoms with Gasteiger partial charge in [0.1, 0.15) is 6.17 Å². The van der Waals surface area contributed by atoms with Crippen LogP contribution in [0.4, 0.5) is 10.1 Å². The lowest BCUT2D eigenvalue weighted by molar-refractivity contribution is -0.111. The molecule has 0 aliphatic heterocycles. The Morgan fingerprint density at radius 3 is 2.54 bits per heavy atom. The first-order chi connectivity index (χ1) is 12.5. The molecule has 2 aromatic rings. The van der Waals surface area contributed by atoms with Gasteiger partial charge in [-0.3, -0.25) is 4.79 Å². The van der Waals surface area contributed by atoms with Gasteiger partial charge in [0.2, 0.25) is 5.91 Å². The summed E-state index contributed by atoms with van der Waals surface area (Å²) >= 11 is 6.88. The van der Waals surface area contributed by atoms with E-state index in [1.807, 2.05) is 67.6 Å². The summed E-state index contributed by atoms with van der Waals surface area (Å²) in [6.45, 7) is 1.84. The number of nitrogens with one attached hydrogen (secondary N) is 1. The summed E-state index contributed by atoms with van der Waals surface area (Å²) in [6, 6.07) is 15.1. The van der Waals surface area contributed by atoms with Gasteiger partial charge in [-0.15, -0.1) is 0 Å². The maximum Gasteiger partial charge on any atom is 0.248 e. The first-order valence-electron chi connectivity index (χ1n) is 8.27. The Hall–Kier alpha value is -1.72. The Kier molecular flexibility index (Phi) is 6.09. The van der Waals surface area contributed by atoms with Crippen LogP contribution in [0, 0.1) is 5.92 Å². The third-order valence-electron chi connectivity index (χ3n) is 4.29. The van der Waals surface area contributed by atoms with Crippen LogP contribution >= 0.6 is 31.9 Å². The highest BCUT2D eigenvalue weighted by molar-refractivity contribution is 9.13. The molecule has 1 fully saturated rings. The largest absolute Gasteiger partial charge is 0.323 e. The normalized spacial score (nSPS) is 22.5. The van der Waals surface area contributed by atoms with Gasteiger partial charge in [-0.25, -0.2) is 4.39 Å². The van der Waals surface area contributed by atoms with Crippen LogP contribution in [-0.4, -0.2) is 12.1 Å². The van der Waals surface area contributed by atoms with Crippen LogP contribution in [-0.2, 0) is 4.79 Å². The van der Waals surface area contributed by atoms with Crippen LogP contribution in [0.25, 0.3) is 0 Å². The molecule has 26 heavy (non-hydrogen) atoms. The number of rotatable bonds is 5. The molecule has 0 heterocycles. The van der Waals surface area contributed by atoms with Crippen molar-refractivity contribution in [2.45, 2.75) is 19.0 Å². The standard InChI is InChI=1S/C21H18Br2FNO/c1-13(11-19(26)25-15-5-3-2-4-6-15)7-9-16-20(21(16)24)14-8-10-17(22)18(23)12-14/h2-12,16,20-21H,1H3,(H,25,26)/b9-7+,13-11+. The van der Waals surface area contributed by atoms with E-state index in [-0.39, 0.29) is 17.7 Å². The molecule has 0 spiro atoms. The molecule has 134 valence electrons. The number of halogens is 3. The third-order valence-corrected chi connectivity index (χ3v) is 6.17. The fourth-order valence-corrected chi connectivity index (χ4v) is 3.51. The molecule has 3 atom stereocenters. The van der Waals surface area contributed by atoms with Crippen molar-refractivity contribution >= 4 is 43.5 Å². The molecule has 1 saturated carbocycles. The molecule has 1 aliphatic carbocycles. The maximum atomic E-state index is 14.2. The Bertz CT molecular complexity index is 864. The van der Waals surface area contributed by atoms with Gasteiger partial charge in [-0.1, -0.05) is 36.4 Å². The molecule has 0 bridgehead atoms. The summed E-state index contributed by atoms with van der Waals surface area (Å²) < 4.78 is 16.1. The molecule has 0 radical (unpaired) electrons. The highest BCUT2D eigenvalue weighted by atomic mass is 79.9. The first kappa shape index (κ1) is 19.1. The van der Waals surface area contributed by atoms with Crippen molar-refractivity contribution in [2.75, 3.05) is 5.32 Å². The second-order valence-corrected chi connectivity index (χ2v) is 8.03. The van der Waals surface area contributed by atoms with E-state index in [9.17, 15) is 9.18 Å². The lowest BCUT2D eigenvalue weighted by atomic mass is 10.1. The lowest BCUT2D eigenvalue weighted by Crippen LogP contribution is -2.08. The molecular formula is C21H18Br2FNO. The highest BCUT2D eigenvalue weighted by Crippen LogP contribution is 2.52. The minimum atomic E-state index is -0.884. The van der Waals surface area contributed by atoms with Gasteiger partial charge < -0.3 is 5.32 Å². The zero-order chi connectivity index (χ0) is 18.7. The van der Waals surface area contributed by atoms with E-state index in [0.717, 1.165) is 25.8 Å². The molecule has 3 unspecified atom stereocenters. The lowest BCUT2D eigenvalue weighted by Gasteiger charge is -2.02. The number of benzene rings is 2. The average molecular weight is 479 g/mol. The van der Waals surface area contributed by atoms with Gasteiger partial charge in [0.25, 0.3) is 0 Å². The Balaban J connectivity index is 1.60. The number of para-hydroxylation sites is 1. The number of hydrogen-bond donors (Lipinski definition) is 1. The minimum absolute atomic E-state index is 0.124. The highest BCUT2D eigenvalue weighted by Gasteiger charge is 2.50. The molecule has 2 nitrogen and oxygen atoms in total. The minimum Gasteiger partial charge on any atom is -0.323 e. The molecule has 3 rings (SSSR count). The van der Waals surface area contributed by atoms with Gasteiger partial charge in [0, 0.05) is 32.5 Å².